The van der Waals surface area contributed by atoms with Gasteiger partial charge in [-0.15, -0.1) is 0 Å². The first-order valence-corrected chi connectivity index (χ1v) is 10.2. The number of nitrogens with zero attached hydrogens (tertiary/aromatic N) is 3. The molecule has 0 atom stereocenters. The quantitative estimate of drug-likeness (QED) is 0.703. The molecule has 2 aromatic rings. The van der Waals surface area contributed by atoms with Crippen LogP contribution >= 0.6 is 0 Å². The number of hydrogen-bond acceptors (Lipinski definition) is 6. The van der Waals surface area contributed by atoms with Gasteiger partial charge in [0, 0.05) is 45.4 Å². The van der Waals surface area contributed by atoms with E-state index in [-0.39, 0.29) is 11.8 Å². The van der Waals surface area contributed by atoms with E-state index in [2.05, 4.69) is 15.4 Å². The first-order chi connectivity index (χ1) is 14.5. The number of carbonyl (C=O) groups excluding carboxylic acids is 2. The lowest BCUT2D eigenvalue weighted by Gasteiger charge is -2.34. The predicted molar refractivity (Wildman–Crippen MR) is 112 cm³/mol. The number of hydrogen-bond donors (Lipinski definition) is 1. The largest absolute Gasteiger partial charge is 0.380 e. The number of carbonyl (C=O) groups is 2. The Labute approximate surface area is 177 Å². The minimum absolute atomic E-state index is 0.00790. The molecule has 30 heavy (non-hydrogen) atoms. The molecule has 0 bridgehead atoms. The van der Waals surface area contributed by atoms with Crippen molar-refractivity contribution in [1.29, 1.82) is 0 Å². The van der Waals surface area contributed by atoms with Crippen LogP contribution in [0.2, 0.25) is 0 Å². The van der Waals surface area contributed by atoms with Gasteiger partial charge < -0.3 is 19.5 Å². The van der Waals surface area contributed by atoms with Crippen LogP contribution in [0.1, 0.15) is 28.1 Å². The number of nitrogens with one attached hydrogen (secondary N) is 1. The average molecular weight is 415 g/mol. The second-order valence-electron chi connectivity index (χ2n) is 7.66. The van der Waals surface area contributed by atoms with E-state index in [9.17, 15) is 9.59 Å². The smallest absolute Gasteiger partial charge is 0.234 e. The van der Waals surface area contributed by atoms with E-state index in [1.54, 1.807) is 7.11 Å². The van der Waals surface area contributed by atoms with Crippen molar-refractivity contribution < 1.29 is 18.8 Å². The summed E-state index contributed by atoms with van der Waals surface area (Å²) in [7, 11) is 1.67. The Balaban J connectivity index is 1.38. The van der Waals surface area contributed by atoms with E-state index in [1.807, 2.05) is 43.0 Å². The Morgan fingerprint density at radius 2 is 1.77 bits per heavy atom. The summed E-state index contributed by atoms with van der Waals surface area (Å²) in [6, 6.07) is 8.00. The van der Waals surface area contributed by atoms with Crippen LogP contribution in [-0.2, 0) is 33.9 Å². The maximum Gasteiger partial charge on any atom is 0.234 e. The van der Waals surface area contributed by atoms with Crippen molar-refractivity contribution in [3.8, 4) is 0 Å². The van der Waals surface area contributed by atoms with Crippen molar-refractivity contribution in [3.63, 3.8) is 0 Å². The van der Waals surface area contributed by atoms with Gasteiger partial charge in [-0.1, -0.05) is 29.4 Å². The normalized spacial score (nSPS) is 14.7. The summed E-state index contributed by atoms with van der Waals surface area (Å²) in [5.74, 6) is 0.765. The summed E-state index contributed by atoms with van der Waals surface area (Å²) in [5, 5.41) is 6.87. The van der Waals surface area contributed by atoms with Gasteiger partial charge in [0.05, 0.1) is 25.3 Å². The fourth-order valence-electron chi connectivity index (χ4n) is 3.55. The van der Waals surface area contributed by atoms with E-state index in [4.69, 9.17) is 9.26 Å². The Morgan fingerprint density at radius 1 is 1.10 bits per heavy atom. The van der Waals surface area contributed by atoms with Gasteiger partial charge in [0.15, 0.2) is 0 Å². The van der Waals surface area contributed by atoms with Crippen molar-refractivity contribution in [2.45, 2.75) is 33.4 Å². The maximum absolute atomic E-state index is 12.6. The molecule has 1 aromatic carbocycles. The molecule has 1 aliphatic heterocycles. The van der Waals surface area contributed by atoms with Crippen LogP contribution in [0, 0.1) is 13.8 Å². The third kappa shape index (κ3) is 5.90. The van der Waals surface area contributed by atoms with Gasteiger partial charge in [-0.2, -0.15) is 0 Å². The van der Waals surface area contributed by atoms with Gasteiger partial charge >= 0.3 is 0 Å². The van der Waals surface area contributed by atoms with Gasteiger partial charge in [-0.25, -0.2) is 0 Å². The number of amides is 2. The van der Waals surface area contributed by atoms with Crippen LogP contribution in [0.5, 0.6) is 0 Å². The molecule has 0 spiro atoms. The molecule has 1 aromatic heterocycles. The molecule has 0 radical (unpaired) electrons. The molecule has 1 saturated heterocycles. The molecule has 0 saturated carbocycles. The Hall–Kier alpha value is -2.71. The molecule has 1 aliphatic rings. The summed E-state index contributed by atoms with van der Waals surface area (Å²) in [6.45, 7) is 7.72. The molecule has 1 fully saturated rings. The molecule has 8 heteroatoms. The lowest BCUT2D eigenvalue weighted by atomic mass is 10.1. The monoisotopic (exact) mass is 414 g/mol. The summed E-state index contributed by atoms with van der Waals surface area (Å²) < 4.78 is 10.2. The molecule has 2 heterocycles. The first kappa shape index (κ1) is 22.0. The summed E-state index contributed by atoms with van der Waals surface area (Å²) in [4.78, 5) is 28.8. The maximum atomic E-state index is 12.6. The van der Waals surface area contributed by atoms with Crippen molar-refractivity contribution in [1.82, 2.24) is 20.3 Å². The van der Waals surface area contributed by atoms with Crippen molar-refractivity contribution in [2.24, 2.45) is 0 Å². The number of aromatic nitrogens is 1. The van der Waals surface area contributed by atoms with Crippen LogP contribution in [0.4, 0.5) is 0 Å². The number of rotatable bonds is 8. The molecular weight excluding hydrogens is 384 g/mol. The predicted octanol–water partition coefficient (Wildman–Crippen LogP) is 1.44. The van der Waals surface area contributed by atoms with Crippen LogP contribution < -0.4 is 5.32 Å². The topological polar surface area (TPSA) is 87.9 Å². The van der Waals surface area contributed by atoms with E-state index in [1.165, 1.54) is 0 Å². The number of ether oxygens (including phenoxy) is 1. The van der Waals surface area contributed by atoms with Crippen LogP contribution in [0.3, 0.4) is 0 Å². The van der Waals surface area contributed by atoms with Crippen molar-refractivity contribution in [3.05, 3.63) is 52.4 Å². The van der Waals surface area contributed by atoms with Crippen molar-refractivity contribution >= 4 is 11.8 Å². The molecule has 3 rings (SSSR count). The standard InChI is InChI=1S/C22H30N4O4/c1-16-20(17(2)30-24-16)12-22(28)26-10-8-25(9-11-26)14-21(27)23-13-18-4-6-19(7-5-18)15-29-3/h4-7H,8-15H2,1-3H3,(H,23,27). The highest BCUT2D eigenvalue weighted by Gasteiger charge is 2.24. The number of methoxy groups -OCH3 is 1. The molecular formula is C22H30N4O4. The molecule has 0 unspecified atom stereocenters. The zero-order chi connectivity index (χ0) is 21.5. The summed E-state index contributed by atoms with van der Waals surface area (Å²) in [6.07, 6.45) is 0.310. The van der Waals surface area contributed by atoms with E-state index < -0.39 is 0 Å². The second-order valence-corrected chi connectivity index (χ2v) is 7.66. The Kier molecular flexibility index (Phi) is 7.59. The molecule has 1 N–H and O–H groups in total. The lowest BCUT2D eigenvalue weighted by Crippen LogP contribution is -2.51. The fraction of sp³-hybridized carbons (Fsp3) is 0.500. The highest BCUT2D eigenvalue weighted by atomic mass is 16.5. The number of benzene rings is 1. The number of aryl methyl sites for hydroxylation is 2. The molecule has 162 valence electrons. The number of piperazine rings is 1. The molecule has 2 amide bonds. The zero-order valence-electron chi connectivity index (χ0n) is 17.9. The fourth-order valence-corrected chi connectivity index (χ4v) is 3.55. The van der Waals surface area contributed by atoms with Gasteiger partial charge in [-0.05, 0) is 25.0 Å². The van der Waals surface area contributed by atoms with E-state index in [0.29, 0.717) is 58.1 Å². The van der Waals surface area contributed by atoms with Crippen molar-refractivity contribution in [2.75, 3.05) is 39.8 Å². The summed E-state index contributed by atoms with van der Waals surface area (Å²) >= 11 is 0. The van der Waals surface area contributed by atoms with Crippen LogP contribution in [0.15, 0.2) is 28.8 Å². The highest BCUT2D eigenvalue weighted by Crippen LogP contribution is 2.15. The SMILES string of the molecule is COCc1ccc(CNC(=O)CN2CCN(C(=O)Cc3c(C)noc3C)CC2)cc1. The second kappa shape index (κ2) is 10.4. The van der Waals surface area contributed by atoms with E-state index >= 15 is 0 Å². The third-order valence-electron chi connectivity index (χ3n) is 5.43. The Morgan fingerprint density at radius 3 is 2.37 bits per heavy atom. The average Bonchev–Trinajstić information content (AvgIpc) is 3.06. The highest BCUT2D eigenvalue weighted by molar-refractivity contribution is 5.80. The van der Waals surface area contributed by atoms with Gasteiger partial charge in [-0.3, -0.25) is 14.5 Å². The minimum atomic E-state index is -0.00790. The minimum Gasteiger partial charge on any atom is -0.380 e. The van der Waals surface area contributed by atoms with Gasteiger partial charge in [0.1, 0.15) is 5.76 Å². The van der Waals surface area contributed by atoms with Crippen LogP contribution in [0.25, 0.3) is 0 Å². The molecule has 8 nitrogen and oxygen atoms in total. The third-order valence-corrected chi connectivity index (χ3v) is 5.43. The molecule has 0 aliphatic carbocycles. The summed E-state index contributed by atoms with van der Waals surface area (Å²) in [5.41, 5.74) is 3.80. The lowest BCUT2D eigenvalue weighted by molar-refractivity contribution is -0.132. The zero-order valence-corrected chi connectivity index (χ0v) is 17.9. The van der Waals surface area contributed by atoms with E-state index in [0.717, 1.165) is 22.4 Å². The van der Waals surface area contributed by atoms with Crippen LogP contribution in [-0.4, -0.2) is 66.6 Å². The van der Waals surface area contributed by atoms with Gasteiger partial charge in [0.25, 0.3) is 0 Å². The Bertz CT molecular complexity index is 835. The van der Waals surface area contributed by atoms with Gasteiger partial charge in [0.2, 0.25) is 11.8 Å². The first-order valence-electron chi connectivity index (χ1n) is 10.2.